The second-order valence-electron chi connectivity index (χ2n) is 3.84. The molecule has 1 aromatic carbocycles. The quantitative estimate of drug-likeness (QED) is 0.745. The van der Waals surface area contributed by atoms with Crippen molar-refractivity contribution < 1.29 is 4.39 Å². The van der Waals surface area contributed by atoms with Crippen molar-refractivity contribution >= 4 is 11.6 Å². The van der Waals surface area contributed by atoms with E-state index in [1.807, 2.05) is 6.92 Å². The maximum Gasteiger partial charge on any atom is 0.129 e. The number of hydrogen-bond donors (Lipinski definition) is 2. The van der Waals surface area contributed by atoms with Gasteiger partial charge in [-0.15, -0.1) is 0 Å². The first-order valence-electron chi connectivity index (χ1n) is 4.49. The molecule has 0 unspecified atom stereocenters. The molecule has 14 heavy (non-hydrogen) atoms. The minimum atomic E-state index is -0.556. The van der Waals surface area contributed by atoms with Crippen molar-refractivity contribution in [2.45, 2.75) is 12.5 Å². The molecule has 1 aromatic rings. The molecule has 1 aliphatic rings. The minimum Gasteiger partial charge on any atom is -0.319 e. The number of rotatable bonds is 1. The second-order valence-corrected chi connectivity index (χ2v) is 4.25. The van der Waals surface area contributed by atoms with E-state index in [0.717, 1.165) is 5.56 Å². The summed E-state index contributed by atoms with van der Waals surface area (Å²) in [5.41, 5.74) is 6.86. The molecule has 1 aliphatic heterocycles. The monoisotopic (exact) mass is 214 g/mol. The summed E-state index contributed by atoms with van der Waals surface area (Å²) in [5, 5.41) is 3.48. The Morgan fingerprint density at radius 1 is 1.50 bits per heavy atom. The highest BCUT2D eigenvalue weighted by Crippen LogP contribution is 2.29. The Hall–Kier alpha value is -0.640. The molecule has 2 nitrogen and oxygen atoms in total. The smallest absolute Gasteiger partial charge is 0.129 e. The van der Waals surface area contributed by atoms with E-state index in [-0.39, 0.29) is 5.82 Å². The van der Waals surface area contributed by atoms with E-state index >= 15 is 0 Å². The summed E-state index contributed by atoms with van der Waals surface area (Å²) in [4.78, 5) is 0. The van der Waals surface area contributed by atoms with Crippen molar-refractivity contribution in [3.63, 3.8) is 0 Å². The summed E-state index contributed by atoms with van der Waals surface area (Å²) in [6.07, 6.45) is 0. The molecular weight excluding hydrogens is 203 g/mol. The number of hydrogen-bond acceptors (Lipinski definition) is 2. The lowest BCUT2D eigenvalue weighted by Crippen LogP contribution is -2.63. The molecular formula is C10H12ClFN2. The topological polar surface area (TPSA) is 38.0 Å². The third kappa shape index (κ3) is 1.41. The van der Waals surface area contributed by atoms with Gasteiger partial charge in [-0.3, -0.25) is 0 Å². The summed E-state index contributed by atoms with van der Waals surface area (Å²) in [5.74, 6) is -0.315. The highest BCUT2D eigenvalue weighted by Gasteiger charge is 2.36. The molecule has 2 rings (SSSR count). The molecule has 76 valence electrons. The van der Waals surface area contributed by atoms with Crippen LogP contribution in [-0.2, 0) is 5.54 Å². The van der Waals surface area contributed by atoms with Gasteiger partial charge in [0.1, 0.15) is 5.82 Å². The number of nitrogens with one attached hydrogen (secondary N) is 1. The van der Waals surface area contributed by atoms with Crippen molar-refractivity contribution in [3.8, 4) is 0 Å². The number of halogens is 2. The zero-order valence-electron chi connectivity index (χ0n) is 7.90. The van der Waals surface area contributed by atoms with Crippen LogP contribution in [0.1, 0.15) is 11.1 Å². The number of benzene rings is 1. The number of nitrogens with two attached hydrogens (primary N) is 1. The van der Waals surface area contributed by atoms with E-state index in [1.54, 1.807) is 6.07 Å². The molecule has 0 bridgehead atoms. The zero-order chi connectivity index (χ0) is 10.3. The first-order valence-corrected chi connectivity index (χ1v) is 4.86. The SMILES string of the molecule is Cc1cc(C2(N)CNC2)c(F)cc1Cl. The van der Waals surface area contributed by atoms with Crippen molar-refractivity contribution in [3.05, 3.63) is 34.1 Å². The standard InChI is InChI=1S/C10H12ClFN2/c1-6-2-7(9(12)3-8(6)11)10(13)4-14-5-10/h2-3,14H,4-5,13H2,1H3. The third-order valence-corrected chi connectivity index (χ3v) is 3.07. The average Bonchev–Trinajstić information content (AvgIpc) is 2.07. The van der Waals surface area contributed by atoms with Crippen LogP contribution < -0.4 is 11.1 Å². The van der Waals surface area contributed by atoms with Crippen molar-refractivity contribution in [1.29, 1.82) is 0 Å². The van der Waals surface area contributed by atoms with Crippen LogP contribution in [0.3, 0.4) is 0 Å². The molecule has 1 fully saturated rings. The van der Waals surface area contributed by atoms with Gasteiger partial charge in [0, 0.05) is 23.7 Å². The van der Waals surface area contributed by atoms with Crippen LogP contribution in [0.5, 0.6) is 0 Å². The van der Waals surface area contributed by atoms with Crippen LogP contribution in [0.4, 0.5) is 4.39 Å². The summed E-state index contributed by atoms with van der Waals surface area (Å²) >= 11 is 5.80. The highest BCUT2D eigenvalue weighted by molar-refractivity contribution is 6.31. The Balaban J connectivity index is 2.48. The van der Waals surface area contributed by atoms with Crippen LogP contribution in [-0.4, -0.2) is 13.1 Å². The van der Waals surface area contributed by atoms with Gasteiger partial charge in [-0.25, -0.2) is 4.39 Å². The Morgan fingerprint density at radius 2 is 2.14 bits per heavy atom. The van der Waals surface area contributed by atoms with E-state index in [4.69, 9.17) is 17.3 Å². The van der Waals surface area contributed by atoms with Crippen molar-refractivity contribution in [2.24, 2.45) is 5.73 Å². The first-order chi connectivity index (χ1) is 6.53. The van der Waals surface area contributed by atoms with Gasteiger partial charge >= 0.3 is 0 Å². The molecule has 1 saturated heterocycles. The van der Waals surface area contributed by atoms with Gasteiger partial charge in [-0.2, -0.15) is 0 Å². The lowest BCUT2D eigenvalue weighted by Gasteiger charge is -2.39. The highest BCUT2D eigenvalue weighted by atomic mass is 35.5. The first kappa shape index (κ1) is 9.90. The second kappa shape index (κ2) is 3.19. The van der Waals surface area contributed by atoms with Crippen LogP contribution in [0, 0.1) is 12.7 Å². The molecule has 1 heterocycles. The predicted molar refractivity (Wildman–Crippen MR) is 54.9 cm³/mol. The molecule has 3 N–H and O–H groups in total. The van der Waals surface area contributed by atoms with E-state index in [2.05, 4.69) is 5.32 Å². The molecule has 0 amide bonds. The molecule has 4 heteroatoms. The van der Waals surface area contributed by atoms with Crippen LogP contribution in [0.15, 0.2) is 12.1 Å². The minimum absolute atomic E-state index is 0.315. The van der Waals surface area contributed by atoms with Crippen molar-refractivity contribution in [2.75, 3.05) is 13.1 Å². The van der Waals surface area contributed by atoms with Gasteiger partial charge in [0.2, 0.25) is 0 Å². The Bertz CT molecular complexity index is 375. The summed E-state index contributed by atoms with van der Waals surface area (Å²) in [6, 6.07) is 3.07. The van der Waals surface area contributed by atoms with E-state index in [9.17, 15) is 4.39 Å². The van der Waals surface area contributed by atoms with Crippen LogP contribution in [0.25, 0.3) is 0 Å². The summed E-state index contributed by atoms with van der Waals surface area (Å²) in [6.45, 7) is 3.08. The molecule has 0 aromatic heterocycles. The van der Waals surface area contributed by atoms with Crippen molar-refractivity contribution in [1.82, 2.24) is 5.32 Å². The normalized spacial score (nSPS) is 19.1. The maximum absolute atomic E-state index is 13.6. The lowest BCUT2D eigenvalue weighted by molar-refractivity contribution is 0.277. The average molecular weight is 215 g/mol. The van der Waals surface area contributed by atoms with Crippen LogP contribution in [0.2, 0.25) is 5.02 Å². The predicted octanol–water partition coefficient (Wildman–Crippen LogP) is 1.54. The van der Waals surface area contributed by atoms with Gasteiger partial charge in [-0.05, 0) is 24.6 Å². The van der Waals surface area contributed by atoms with Gasteiger partial charge in [0.05, 0.1) is 5.54 Å². The maximum atomic E-state index is 13.6. The zero-order valence-corrected chi connectivity index (χ0v) is 8.66. The van der Waals surface area contributed by atoms with Gasteiger partial charge in [0.25, 0.3) is 0 Å². The van der Waals surface area contributed by atoms with E-state index in [1.165, 1.54) is 6.07 Å². The molecule has 0 spiro atoms. The Morgan fingerprint density at radius 3 is 2.64 bits per heavy atom. The van der Waals surface area contributed by atoms with Gasteiger partial charge in [-0.1, -0.05) is 11.6 Å². The number of aryl methyl sites for hydroxylation is 1. The Labute approximate surface area is 87.2 Å². The summed E-state index contributed by atoms with van der Waals surface area (Å²) in [7, 11) is 0. The summed E-state index contributed by atoms with van der Waals surface area (Å²) < 4.78 is 13.6. The fourth-order valence-corrected chi connectivity index (χ4v) is 1.77. The van der Waals surface area contributed by atoms with Crippen LogP contribution >= 0.6 is 11.6 Å². The third-order valence-electron chi connectivity index (χ3n) is 2.67. The Kier molecular flexibility index (Phi) is 2.26. The van der Waals surface area contributed by atoms with E-state index in [0.29, 0.717) is 23.7 Å². The molecule has 0 atom stereocenters. The fourth-order valence-electron chi connectivity index (χ4n) is 1.62. The molecule has 0 aliphatic carbocycles. The lowest BCUT2D eigenvalue weighted by atomic mass is 9.84. The molecule has 0 saturated carbocycles. The van der Waals surface area contributed by atoms with Gasteiger partial charge < -0.3 is 11.1 Å². The van der Waals surface area contributed by atoms with E-state index < -0.39 is 5.54 Å². The largest absolute Gasteiger partial charge is 0.319 e. The van der Waals surface area contributed by atoms with Gasteiger partial charge in [0.15, 0.2) is 0 Å². The fraction of sp³-hybridized carbons (Fsp3) is 0.400. The molecule has 0 radical (unpaired) electrons.